The van der Waals surface area contributed by atoms with Crippen molar-refractivity contribution >= 4 is 17.5 Å². The summed E-state index contributed by atoms with van der Waals surface area (Å²) in [5.74, 6) is -0.0453. The van der Waals surface area contributed by atoms with Crippen LogP contribution in [-0.4, -0.2) is 55.6 Å². The monoisotopic (exact) mass is 303 g/mol. The second kappa shape index (κ2) is 6.89. The third-order valence-corrected chi connectivity index (χ3v) is 4.03. The first-order chi connectivity index (χ1) is 10.7. The smallest absolute Gasteiger partial charge is 0.253 e. The van der Waals surface area contributed by atoms with Gasteiger partial charge in [0.2, 0.25) is 5.91 Å². The molecule has 6 heteroatoms. The normalized spacial score (nSPS) is 21.6. The summed E-state index contributed by atoms with van der Waals surface area (Å²) in [5.41, 5.74) is 1.36. The second-order valence-electron chi connectivity index (χ2n) is 5.65. The number of hydrogen-bond donors (Lipinski definition) is 2. The average Bonchev–Trinajstić information content (AvgIpc) is 3.10. The SMILES string of the molecule is O=C(Nc1ccc(C(=O)N2CCCC2)cc1)C1COCCN1. The summed E-state index contributed by atoms with van der Waals surface area (Å²) in [6, 6.07) is 6.75. The predicted octanol–water partition coefficient (Wildman–Crippen LogP) is 0.849. The lowest BCUT2D eigenvalue weighted by molar-refractivity contribution is -0.120. The molecular formula is C16H21N3O3. The Hall–Kier alpha value is -1.92. The summed E-state index contributed by atoms with van der Waals surface area (Å²) in [4.78, 5) is 26.2. The van der Waals surface area contributed by atoms with E-state index >= 15 is 0 Å². The number of nitrogens with one attached hydrogen (secondary N) is 2. The summed E-state index contributed by atoms with van der Waals surface area (Å²) in [7, 11) is 0. The van der Waals surface area contributed by atoms with Gasteiger partial charge in [0.1, 0.15) is 6.04 Å². The van der Waals surface area contributed by atoms with Crippen molar-refractivity contribution in [1.82, 2.24) is 10.2 Å². The fourth-order valence-corrected chi connectivity index (χ4v) is 2.76. The van der Waals surface area contributed by atoms with Crippen LogP contribution in [0.2, 0.25) is 0 Å². The molecule has 0 radical (unpaired) electrons. The third kappa shape index (κ3) is 3.45. The molecule has 0 saturated carbocycles. The molecule has 22 heavy (non-hydrogen) atoms. The number of likely N-dealkylation sites (tertiary alicyclic amines) is 1. The van der Waals surface area contributed by atoms with Crippen LogP contribution in [0.25, 0.3) is 0 Å². The summed E-state index contributed by atoms with van der Waals surface area (Å²) in [6.45, 7) is 3.38. The van der Waals surface area contributed by atoms with Crippen molar-refractivity contribution in [3.63, 3.8) is 0 Å². The Kier molecular flexibility index (Phi) is 4.70. The van der Waals surface area contributed by atoms with E-state index in [-0.39, 0.29) is 17.9 Å². The van der Waals surface area contributed by atoms with Crippen LogP contribution in [0.5, 0.6) is 0 Å². The Bertz CT molecular complexity index is 532. The zero-order chi connectivity index (χ0) is 15.4. The Labute approximate surface area is 129 Å². The first-order valence-electron chi connectivity index (χ1n) is 7.75. The molecule has 2 heterocycles. The quantitative estimate of drug-likeness (QED) is 0.868. The number of rotatable bonds is 3. The van der Waals surface area contributed by atoms with Gasteiger partial charge in [0, 0.05) is 30.9 Å². The van der Waals surface area contributed by atoms with Gasteiger partial charge >= 0.3 is 0 Å². The summed E-state index contributed by atoms with van der Waals surface area (Å²) >= 11 is 0. The number of ether oxygens (including phenoxy) is 1. The first kappa shape index (κ1) is 15.0. The van der Waals surface area contributed by atoms with Gasteiger partial charge in [0.15, 0.2) is 0 Å². The Balaban J connectivity index is 1.58. The number of anilines is 1. The molecule has 0 aromatic heterocycles. The molecule has 6 nitrogen and oxygen atoms in total. The number of hydrogen-bond acceptors (Lipinski definition) is 4. The molecule has 0 bridgehead atoms. The lowest BCUT2D eigenvalue weighted by Crippen LogP contribution is -2.48. The van der Waals surface area contributed by atoms with Gasteiger partial charge in [-0.15, -0.1) is 0 Å². The Morgan fingerprint density at radius 2 is 1.91 bits per heavy atom. The first-order valence-corrected chi connectivity index (χ1v) is 7.75. The number of carbonyl (C=O) groups is 2. The summed E-state index contributed by atoms with van der Waals surface area (Å²) < 4.78 is 5.27. The van der Waals surface area contributed by atoms with E-state index in [0.717, 1.165) is 25.9 Å². The number of amides is 2. The van der Waals surface area contributed by atoms with E-state index in [1.54, 1.807) is 24.3 Å². The Morgan fingerprint density at radius 1 is 1.18 bits per heavy atom. The molecule has 0 spiro atoms. The molecule has 2 aliphatic rings. The average molecular weight is 303 g/mol. The number of carbonyl (C=O) groups excluding carboxylic acids is 2. The lowest BCUT2D eigenvalue weighted by atomic mass is 10.1. The van der Waals surface area contributed by atoms with Gasteiger partial charge in [0.05, 0.1) is 13.2 Å². The third-order valence-electron chi connectivity index (χ3n) is 4.03. The highest BCUT2D eigenvalue weighted by molar-refractivity contribution is 5.97. The molecule has 1 aromatic carbocycles. The molecule has 0 aliphatic carbocycles. The zero-order valence-corrected chi connectivity index (χ0v) is 12.5. The van der Waals surface area contributed by atoms with Crippen LogP contribution >= 0.6 is 0 Å². The number of benzene rings is 1. The minimum absolute atomic E-state index is 0.0673. The van der Waals surface area contributed by atoms with Crippen molar-refractivity contribution in [2.45, 2.75) is 18.9 Å². The summed E-state index contributed by atoms with van der Waals surface area (Å²) in [5, 5.41) is 5.95. The van der Waals surface area contributed by atoms with Crippen LogP contribution in [0, 0.1) is 0 Å². The van der Waals surface area contributed by atoms with E-state index in [9.17, 15) is 9.59 Å². The molecule has 118 valence electrons. The van der Waals surface area contributed by atoms with Crippen molar-refractivity contribution in [3.05, 3.63) is 29.8 Å². The lowest BCUT2D eigenvalue weighted by Gasteiger charge is -2.23. The van der Waals surface area contributed by atoms with E-state index in [0.29, 0.717) is 31.0 Å². The van der Waals surface area contributed by atoms with Crippen molar-refractivity contribution in [2.75, 3.05) is 38.2 Å². The fraction of sp³-hybridized carbons (Fsp3) is 0.500. The van der Waals surface area contributed by atoms with Gasteiger partial charge in [-0.05, 0) is 37.1 Å². The van der Waals surface area contributed by atoms with Crippen LogP contribution < -0.4 is 10.6 Å². The molecule has 3 rings (SSSR count). The second-order valence-corrected chi connectivity index (χ2v) is 5.65. The van der Waals surface area contributed by atoms with Gasteiger partial charge in [-0.25, -0.2) is 0 Å². The van der Waals surface area contributed by atoms with E-state index < -0.39 is 0 Å². The van der Waals surface area contributed by atoms with E-state index in [1.807, 2.05) is 4.90 Å². The largest absolute Gasteiger partial charge is 0.378 e. The van der Waals surface area contributed by atoms with Crippen molar-refractivity contribution < 1.29 is 14.3 Å². The maximum absolute atomic E-state index is 12.2. The van der Waals surface area contributed by atoms with Gasteiger partial charge in [0.25, 0.3) is 5.91 Å². The van der Waals surface area contributed by atoms with E-state index in [1.165, 1.54) is 0 Å². The van der Waals surface area contributed by atoms with Crippen LogP contribution in [0.15, 0.2) is 24.3 Å². The molecule has 2 saturated heterocycles. The number of morpholine rings is 1. The fourth-order valence-electron chi connectivity index (χ4n) is 2.76. The van der Waals surface area contributed by atoms with Gasteiger partial charge in [-0.2, -0.15) is 0 Å². The maximum atomic E-state index is 12.2. The van der Waals surface area contributed by atoms with E-state index in [4.69, 9.17) is 4.74 Å². The molecule has 2 aliphatic heterocycles. The standard InChI is InChI=1S/C16H21N3O3/c20-15(14-11-22-10-7-17-14)18-13-5-3-12(4-6-13)16(21)19-8-1-2-9-19/h3-6,14,17H,1-2,7-11H2,(H,18,20). The van der Waals surface area contributed by atoms with Crippen molar-refractivity contribution in [1.29, 1.82) is 0 Å². The molecule has 2 fully saturated rings. The topological polar surface area (TPSA) is 70.7 Å². The van der Waals surface area contributed by atoms with Crippen LogP contribution in [0.4, 0.5) is 5.69 Å². The summed E-state index contributed by atoms with van der Waals surface area (Å²) in [6.07, 6.45) is 2.16. The van der Waals surface area contributed by atoms with Gasteiger partial charge in [-0.3, -0.25) is 9.59 Å². The molecule has 1 atom stereocenters. The zero-order valence-electron chi connectivity index (χ0n) is 12.5. The van der Waals surface area contributed by atoms with Gasteiger partial charge in [-0.1, -0.05) is 0 Å². The predicted molar refractivity (Wildman–Crippen MR) is 82.8 cm³/mol. The minimum atomic E-state index is -0.320. The van der Waals surface area contributed by atoms with E-state index in [2.05, 4.69) is 10.6 Å². The van der Waals surface area contributed by atoms with Crippen LogP contribution in [-0.2, 0) is 9.53 Å². The molecular weight excluding hydrogens is 282 g/mol. The van der Waals surface area contributed by atoms with Crippen LogP contribution in [0.1, 0.15) is 23.2 Å². The highest BCUT2D eigenvalue weighted by Gasteiger charge is 2.22. The Morgan fingerprint density at radius 3 is 2.55 bits per heavy atom. The maximum Gasteiger partial charge on any atom is 0.253 e. The van der Waals surface area contributed by atoms with Crippen LogP contribution in [0.3, 0.4) is 0 Å². The number of nitrogens with zero attached hydrogens (tertiary/aromatic N) is 1. The van der Waals surface area contributed by atoms with Crippen molar-refractivity contribution in [2.24, 2.45) is 0 Å². The molecule has 1 aromatic rings. The minimum Gasteiger partial charge on any atom is -0.378 e. The van der Waals surface area contributed by atoms with Gasteiger partial charge < -0.3 is 20.3 Å². The molecule has 1 unspecified atom stereocenters. The highest BCUT2D eigenvalue weighted by atomic mass is 16.5. The molecule has 2 amide bonds. The highest BCUT2D eigenvalue weighted by Crippen LogP contribution is 2.15. The molecule has 2 N–H and O–H groups in total. The van der Waals surface area contributed by atoms with Crippen molar-refractivity contribution in [3.8, 4) is 0 Å².